The van der Waals surface area contributed by atoms with E-state index in [1.165, 1.54) is 0 Å². The van der Waals surface area contributed by atoms with Crippen LogP contribution in [0, 0.1) is 11.3 Å². The molecule has 0 bridgehead atoms. The molecule has 174 valence electrons. The second-order valence-electron chi connectivity index (χ2n) is 6.00. The highest BCUT2D eigenvalue weighted by Crippen LogP contribution is 2.43. The van der Waals surface area contributed by atoms with Crippen LogP contribution >= 0.6 is 23.2 Å². The van der Waals surface area contributed by atoms with E-state index in [1.54, 1.807) is 0 Å². The van der Waals surface area contributed by atoms with Gasteiger partial charge in [0, 0.05) is 14.1 Å². The van der Waals surface area contributed by atoms with Crippen LogP contribution < -0.4 is 4.74 Å². The first kappa shape index (κ1) is 25.6. The predicted octanol–water partition coefficient (Wildman–Crippen LogP) is 4.42. The third-order valence-electron chi connectivity index (χ3n) is 3.59. The van der Waals surface area contributed by atoms with Crippen molar-refractivity contribution >= 4 is 39.1 Å². The predicted molar refractivity (Wildman–Crippen MR) is 96.3 cm³/mol. The second kappa shape index (κ2) is 8.34. The molecule has 0 atom stereocenters. The molecular weight excluding hydrogens is 517 g/mol. The number of carbonyl (C=O) groups is 1. The van der Waals surface area contributed by atoms with Gasteiger partial charge in [0.25, 0.3) is 9.84 Å². The van der Waals surface area contributed by atoms with Crippen LogP contribution in [0.4, 0.5) is 31.1 Å². The number of rotatable bonds is 3. The maximum atomic E-state index is 13.2. The Morgan fingerprint density at radius 1 is 1.16 bits per heavy atom. The first-order valence-electron chi connectivity index (χ1n) is 7.73. The summed E-state index contributed by atoms with van der Waals surface area (Å²) in [6.07, 6.45) is -6.33. The number of benzene rings is 1. The minimum Gasteiger partial charge on any atom is -0.389 e. The molecule has 8 nitrogen and oxygen atoms in total. The van der Waals surface area contributed by atoms with Gasteiger partial charge in [0.15, 0.2) is 10.6 Å². The molecule has 0 N–H and O–H groups in total. The molecule has 0 aliphatic heterocycles. The van der Waals surface area contributed by atoms with Crippen molar-refractivity contribution < 1.29 is 44.3 Å². The molecule has 1 aromatic heterocycles. The first-order chi connectivity index (χ1) is 14.4. The molecule has 0 saturated carbocycles. The maximum absolute atomic E-state index is 13.2. The van der Waals surface area contributed by atoms with E-state index in [2.05, 4.69) is 9.84 Å². The molecule has 32 heavy (non-hydrogen) atoms. The van der Waals surface area contributed by atoms with Gasteiger partial charge in [-0.25, -0.2) is 13.2 Å². The topological polar surface area (TPSA) is 105 Å². The van der Waals surface area contributed by atoms with Gasteiger partial charge in [-0.15, -0.1) is 0 Å². The van der Waals surface area contributed by atoms with Gasteiger partial charge < -0.3 is 9.64 Å². The van der Waals surface area contributed by atoms with Gasteiger partial charge in [0.1, 0.15) is 11.8 Å². The molecule has 17 heteroatoms. The Morgan fingerprint density at radius 3 is 2.03 bits per heavy atom. The number of nitriles is 1. The number of alkyl halides is 6. The van der Waals surface area contributed by atoms with Crippen LogP contribution in [0.25, 0.3) is 5.69 Å². The zero-order valence-electron chi connectivity index (χ0n) is 15.5. The molecule has 0 spiro atoms. The summed E-state index contributed by atoms with van der Waals surface area (Å²) in [5, 5.41) is 10.8. The minimum absolute atomic E-state index is 0.128. The summed E-state index contributed by atoms with van der Waals surface area (Å²) in [6.45, 7) is 0. The van der Waals surface area contributed by atoms with Crippen molar-refractivity contribution in [1.29, 1.82) is 5.26 Å². The van der Waals surface area contributed by atoms with Crippen molar-refractivity contribution in [3.8, 4) is 17.6 Å². The van der Waals surface area contributed by atoms with Crippen LogP contribution in [-0.4, -0.2) is 48.8 Å². The molecule has 0 aliphatic rings. The molecule has 2 aromatic rings. The Labute approximate surface area is 185 Å². The lowest BCUT2D eigenvalue weighted by atomic mass is 10.2. The second-order valence-corrected chi connectivity index (χ2v) is 8.70. The minimum atomic E-state index is -6.33. The van der Waals surface area contributed by atoms with Crippen LogP contribution in [0.15, 0.2) is 17.0 Å². The van der Waals surface area contributed by atoms with Crippen LogP contribution in [0.2, 0.25) is 10.0 Å². The zero-order valence-corrected chi connectivity index (χ0v) is 17.8. The van der Waals surface area contributed by atoms with Crippen molar-refractivity contribution in [3.63, 3.8) is 0 Å². The lowest BCUT2D eigenvalue weighted by Crippen LogP contribution is -2.28. The van der Waals surface area contributed by atoms with Gasteiger partial charge in [-0.3, -0.25) is 0 Å². The lowest BCUT2D eigenvalue weighted by molar-refractivity contribution is -0.137. The number of aromatic nitrogens is 2. The van der Waals surface area contributed by atoms with E-state index in [9.17, 15) is 39.6 Å². The van der Waals surface area contributed by atoms with Gasteiger partial charge in [-0.05, 0) is 12.1 Å². The van der Waals surface area contributed by atoms with Crippen LogP contribution in [-0.2, 0) is 16.0 Å². The Balaban J connectivity index is 2.98. The average Bonchev–Trinajstić information content (AvgIpc) is 2.97. The summed E-state index contributed by atoms with van der Waals surface area (Å²) < 4.78 is 107. The van der Waals surface area contributed by atoms with E-state index in [0.29, 0.717) is 17.0 Å². The molecule has 1 aromatic carbocycles. The standard InChI is InChI=1S/C15H8Cl2F6N4O4S/c1-26(2)13(28)31-12-11(32(29,30)15(21,22)23)9(5-24)25-27(12)10-7(16)3-6(4-8(10)17)14(18,19)20/h3-4H,1-2H3. The molecule has 0 saturated heterocycles. The van der Waals surface area contributed by atoms with Gasteiger partial charge >= 0.3 is 17.8 Å². The fourth-order valence-corrected chi connectivity index (χ4v) is 3.74. The molecule has 2 rings (SSSR count). The number of hydrogen-bond acceptors (Lipinski definition) is 6. The van der Waals surface area contributed by atoms with Crippen LogP contribution in [0.3, 0.4) is 0 Å². The smallest absolute Gasteiger partial charge is 0.389 e. The van der Waals surface area contributed by atoms with Gasteiger partial charge in [0.05, 0.1) is 15.6 Å². The molecule has 0 aliphatic carbocycles. The molecule has 0 fully saturated rings. The van der Waals surface area contributed by atoms with Gasteiger partial charge in [0.2, 0.25) is 5.88 Å². The largest absolute Gasteiger partial charge is 0.502 e. The highest BCUT2D eigenvalue weighted by molar-refractivity contribution is 7.92. The van der Waals surface area contributed by atoms with Gasteiger partial charge in [-0.2, -0.15) is 41.4 Å². The third-order valence-corrected chi connectivity index (χ3v) is 5.68. The van der Waals surface area contributed by atoms with E-state index in [4.69, 9.17) is 28.5 Å². The highest BCUT2D eigenvalue weighted by Gasteiger charge is 2.52. The SMILES string of the molecule is CN(C)C(=O)Oc1c(S(=O)(=O)C(F)(F)F)c(C#N)nn1-c1c(Cl)cc(C(F)(F)F)cc1Cl. The Bertz CT molecular complexity index is 1210. The summed E-state index contributed by atoms with van der Waals surface area (Å²) in [4.78, 5) is 10.8. The highest BCUT2D eigenvalue weighted by atomic mass is 35.5. The lowest BCUT2D eigenvalue weighted by Gasteiger charge is -2.16. The Kier molecular flexibility index (Phi) is 6.66. The summed E-state index contributed by atoms with van der Waals surface area (Å²) in [5.41, 5.74) is -9.46. The van der Waals surface area contributed by atoms with E-state index < -0.39 is 65.4 Å². The normalized spacial score (nSPS) is 12.4. The molecule has 1 heterocycles. The monoisotopic (exact) mass is 524 g/mol. The quantitative estimate of drug-likeness (QED) is 0.550. The number of carbonyl (C=O) groups excluding carboxylic acids is 1. The Morgan fingerprint density at radius 2 is 1.66 bits per heavy atom. The fourth-order valence-electron chi connectivity index (χ4n) is 2.17. The number of ether oxygens (including phenoxy) is 1. The number of amides is 1. The molecular formula is C15H8Cl2F6N4O4S. The third kappa shape index (κ3) is 4.57. The number of nitrogens with zero attached hydrogens (tertiary/aromatic N) is 4. The van der Waals surface area contributed by atoms with Crippen molar-refractivity contribution in [1.82, 2.24) is 14.7 Å². The van der Waals surface area contributed by atoms with Gasteiger partial charge in [-0.1, -0.05) is 23.2 Å². The molecule has 0 unspecified atom stereocenters. The maximum Gasteiger partial charge on any atom is 0.502 e. The van der Waals surface area contributed by atoms with E-state index in [1.807, 2.05) is 0 Å². The fraction of sp³-hybridized carbons (Fsp3) is 0.267. The van der Waals surface area contributed by atoms with Crippen LogP contribution in [0.5, 0.6) is 5.88 Å². The summed E-state index contributed by atoms with van der Waals surface area (Å²) >= 11 is 11.6. The average molecular weight is 525 g/mol. The van der Waals surface area contributed by atoms with Crippen molar-refractivity contribution in [2.75, 3.05) is 14.1 Å². The Hall–Kier alpha value is -2.70. The number of sulfone groups is 1. The van der Waals surface area contributed by atoms with E-state index in [0.717, 1.165) is 20.2 Å². The van der Waals surface area contributed by atoms with Crippen molar-refractivity contribution in [2.24, 2.45) is 0 Å². The first-order valence-corrected chi connectivity index (χ1v) is 9.97. The number of hydrogen-bond donors (Lipinski definition) is 0. The summed E-state index contributed by atoms with van der Waals surface area (Å²) in [6, 6.07) is 1.75. The van der Waals surface area contributed by atoms with Crippen LogP contribution in [0.1, 0.15) is 11.3 Å². The number of halogens is 8. The molecule has 1 amide bonds. The van der Waals surface area contributed by atoms with E-state index in [-0.39, 0.29) is 4.68 Å². The molecule has 0 radical (unpaired) electrons. The summed E-state index contributed by atoms with van der Waals surface area (Å²) in [7, 11) is -4.16. The van der Waals surface area contributed by atoms with E-state index >= 15 is 0 Å². The van der Waals surface area contributed by atoms with Crippen molar-refractivity contribution in [2.45, 2.75) is 16.6 Å². The summed E-state index contributed by atoms with van der Waals surface area (Å²) in [5.74, 6) is -1.46. The zero-order chi connectivity index (χ0) is 24.8. The van der Waals surface area contributed by atoms with Crippen molar-refractivity contribution in [3.05, 3.63) is 33.4 Å².